The molecule has 1 rings (SSSR count). The molecule has 1 aromatic rings. The Bertz CT molecular complexity index is 396. The van der Waals surface area contributed by atoms with Crippen molar-refractivity contribution in [3.63, 3.8) is 0 Å². The first kappa shape index (κ1) is 12.1. The lowest BCUT2D eigenvalue weighted by atomic mass is 10.2. The minimum Gasteiger partial charge on any atom is -0.493 e. The second-order valence-electron chi connectivity index (χ2n) is 3.09. The summed E-state index contributed by atoms with van der Waals surface area (Å²) in [6.45, 7) is 1.53. The minimum absolute atomic E-state index is 0.379. The van der Waals surface area contributed by atoms with Gasteiger partial charge in [0.1, 0.15) is 0 Å². The molecule has 16 heavy (non-hydrogen) atoms. The Labute approximate surface area is 94.1 Å². The highest BCUT2D eigenvalue weighted by Crippen LogP contribution is 2.28. The summed E-state index contributed by atoms with van der Waals surface area (Å²) < 4.78 is 10.2. The number of allylic oxidation sites excluding steroid dienone is 1. The average Bonchev–Trinajstić information content (AvgIpc) is 2.27. The van der Waals surface area contributed by atoms with Crippen molar-refractivity contribution in [2.24, 2.45) is 0 Å². The van der Waals surface area contributed by atoms with E-state index in [1.165, 1.54) is 7.11 Å². The van der Waals surface area contributed by atoms with Gasteiger partial charge in [-0.2, -0.15) is 0 Å². The molecule has 0 saturated carbocycles. The van der Waals surface area contributed by atoms with Crippen molar-refractivity contribution in [1.82, 2.24) is 0 Å². The first-order valence-corrected chi connectivity index (χ1v) is 4.82. The van der Waals surface area contributed by atoms with Crippen molar-refractivity contribution in [3.05, 3.63) is 29.8 Å². The molecule has 1 aromatic carbocycles. The predicted octanol–water partition coefficient (Wildman–Crippen LogP) is 2.19. The summed E-state index contributed by atoms with van der Waals surface area (Å²) in [5, 5.41) is 8.53. The first-order valence-electron chi connectivity index (χ1n) is 4.82. The number of hydrogen-bond donors (Lipinski definition) is 1. The maximum Gasteiger partial charge on any atom is 0.341 e. The third-order valence-electron chi connectivity index (χ3n) is 1.90. The van der Waals surface area contributed by atoms with Gasteiger partial charge in [0.25, 0.3) is 0 Å². The van der Waals surface area contributed by atoms with Gasteiger partial charge in [-0.05, 0) is 24.6 Å². The van der Waals surface area contributed by atoms with E-state index < -0.39 is 5.97 Å². The monoisotopic (exact) mass is 222 g/mol. The predicted molar refractivity (Wildman–Crippen MR) is 60.8 cm³/mol. The third-order valence-corrected chi connectivity index (χ3v) is 1.90. The lowest BCUT2D eigenvalue weighted by Crippen LogP contribution is -2.10. The fraction of sp³-hybridized carbons (Fsp3) is 0.250. The van der Waals surface area contributed by atoms with Crippen LogP contribution in [0, 0.1) is 0 Å². The zero-order chi connectivity index (χ0) is 12.0. The largest absolute Gasteiger partial charge is 0.493 e. The molecule has 4 heteroatoms. The van der Waals surface area contributed by atoms with Gasteiger partial charge in [-0.3, -0.25) is 0 Å². The van der Waals surface area contributed by atoms with Crippen molar-refractivity contribution < 1.29 is 19.4 Å². The van der Waals surface area contributed by atoms with E-state index in [-0.39, 0.29) is 6.61 Å². The summed E-state index contributed by atoms with van der Waals surface area (Å²) in [5.41, 5.74) is 0.934. The van der Waals surface area contributed by atoms with Crippen LogP contribution in [0.1, 0.15) is 12.5 Å². The molecule has 0 aromatic heterocycles. The molecule has 0 radical (unpaired) electrons. The van der Waals surface area contributed by atoms with Gasteiger partial charge in [-0.25, -0.2) is 4.79 Å². The summed E-state index contributed by atoms with van der Waals surface area (Å²) in [4.78, 5) is 10.4. The van der Waals surface area contributed by atoms with Gasteiger partial charge in [-0.15, -0.1) is 0 Å². The van der Waals surface area contributed by atoms with Gasteiger partial charge in [0, 0.05) is 0 Å². The smallest absolute Gasteiger partial charge is 0.341 e. The molecule has 0 aliphatic rings. The SMILES string of the molecule is C/C=C/c1ccc(OC)c(OCC(=O)O)c1. The van der Waals surface area contributed by atoms with Gasteiger partial charge in [0.05, 0.1) is 7.11 Å². The second-order valence-corrected chi connectivity index (χ2v) is 3.09. The van der Waals surface area contributed by atoms with E-state index >= 15 is 0 Å². The standard InChI is InChI=1S/C12H14O4/c1-3-4-9-5-6-10(15-2)11(7-9)16-8-12(13)14/h3-7H,8H2,1-2H3,(H,13,14)/b4-3+. The van der Waals surface area contributed by atoms with E-state index in [0.717, 1.165) is 5.56 Å². The van der Waals surface area contributed by atoms with Crippen molar-refractivity contribution in [3.8, 4) is 11.5 Å². The van der Waals surface area contributed by atoms with E-state index in [1.807, 2.05) is 25.1 Å². The van der Waals surface area contributed by atoms with Gasteiger partial charge in [-0.1, -0.05) is 18.2 Å². The van der Waals surface area contributed by atoms with Crippen molar-refractivity contribution in [1.29, 1.82) is 0 Å². The highest BCUT2D eigenvalue weighted by atomic mass is 16.5. The summed E-state index contributed by atoms with van der Waals surface area (Å²) in [7, 11) is 1.51. The van der Waals surface area contributed by atoms with Crippen LogP contribution < -0.4 is 9.47 Å². The summed E-state index contributed by atoms with van der Waals surface area (Å²) >= 11 is 0. The zero-order valence-electron chi connectivity index (χ0n) is 9.27. The molecule has 0 amide bonds. The molecule has 86 valence electrons. The fourth-order valence-corrected chi connectivity index (χ4v) is 1.24. The maximum absolute atomic E-state index is 10.4. The Kier molecular flexibility index (Phi) is 4.39. The Hall–Kier alpha value is -1.97. The molecule has 0 fully saturated rings. The molecule has 0 aliphatic heterocycles. The first-order chi connectivity index (χ1) is 7.67. The van der Waals surface area contributed by atoms with Crippen LogP contribution in [0.5, 0.6) is 11.5 Å². The molecule has 0 atom stereocenters. The van der Waals surface area contributed by atoms with E-state index in [9.17, 15) is 4.79 Å². The molecule has 0 spiro atoms. The number of carbonyl (C=O) groups is 1. The Morgan fingerprint density at radius 2 is 2.19 bits per heavy atom. The van der Waals surface area contributed by atoms with Crippen LogP contribution in [0.15, 0.2) is 24.3 Å². The van der Waals surface area contributed by atoms with E-state index in [1.54, 1.807) is 12.1 Å². The van der Waals surface area contributed by atoms with E-state index in [4.69, 9.17) is 14.6 Å². The van der Waals surface area contributed by atoms with Gasteiger partial charge in [0.15, 0.2) is 18.1 Å². The number of hydrogen-bond acceptors (Lipinski definition) is 3. The van der Waals surface area contributed by atoms with Crippen molar-refractivity contribution in [2.45, 2.75) is 6.92 Å². The molecule has 0 saturated heterocycles. The third kappa shape index (κ3) is 3.31. The molecular formula is C12H14O4. The molecule has 0 aliphatic carbocycles. The Morgan fingerprint density at radius 3 is 2.75 bits per heavy atom. The van der Waals surface area contributed by atoms with Crippen LogP contribution in [0.2, 0.25) is 0 Å². The van der Waals surface area contributed by atoms with Crippen molar-refractivity contribution in [2.75, 3.05) is 13.7 Å². The van der Waals surface area contributed by atoms with Crippen LogP contribution in [-0.2, 0) is 4.79 Å². The highest BCUT2D eigenvalue weighted by molar-refractivity contribution is 5.68. The number of aliphatic carboxylic acids is 1. The van der Waals surface area contributed by atoms with Crippen LogP contribution in [0.3, 0.4) is 0 Å². The molecule has 4 nitrogen and oxygen atoms in total. The van der Waals surface area contributed by atoms with E-state index in [2.05, 4.69) is 0 Å². The van der Waals surface area contributed by atoms with Gasteiger partial charge >= 0.3 is 5.97 Å². The Morgan fingerprint density at radius 1 is 1.44 bits per heavy atom. The van der Waals surface area contributed by atoms with Crippen LogP contribution in [0.4, 0.5) is 0 Å². The molecule has 0 heterocycles. The second kappa shape index (κ2) is 5.80. The van der Waals surface area contributed by atoms with Gasteiger partial charge in [0.2, 0.25) is 0 Å². The van der Waals surface area contributed by atoms with Gasteiger partial charge < -0.3 is 14.6 Å². The number of benzene rings is 1. The summed E-state index contributed by atoms with van der Waals surface area (Å²) in [5.74, 6) is -0.0616. The lowest BCUT2D eigenvalue weighted by molar-refractivity contribution is -0.139. The lowest BCUT2D eigenvalue weighted by Gasteiger charge is -2.09. The number of carboxylic acids is 1. The number of carboxylic acid groups (broad SMARTS) is 1. The van der Waals surface area contributed by atoms with Crippen LogP contribution in [0.25, 0.3) is 6.08 Å². The zero-order valence-corrected chi connectivity index (χ0v) is 9.27. The normalized spacial score (nSPS) is 10.4. The Balaban J connectivity index is 2.92. The maximum atomic E-state index is 10.4. The number of ether oxygens (including phenoxy) is 2. The molecular weight excluding hydrogens is 208 g/mol. The number of rotatable bonds is 5. The summed E-state index contributed by atoms with van der Waals surface area (Å²) in [6, 6.07) is 5.35. The fourth-order valence-electron chi connectivity index (χ4n) is 1.24. The van der Waals surface area contributed by atoms with Crippen LogP contribution in [-0.4, -0.2) is 24.8 Å². The molecule has 1 N–H and O–H groups in total. The number of methoxy groups -OCH3 is 1. The van der Waals surface area contributed by atoms with Crippen LogP contribution >= 0.6 is 0 Å². The quantitative estimate of drug-likeness (QED) is 0.829. The van der Waals surface area contributed by atoms with Crippen molar-refractivity contribution >= 4 is 12.0 Å². The summed E-state index contributed by atoms with van der Waals surface area (Å²) in [6.07, 6.45) is 3.79. The average molecular weight is 222 g/mol. The molecule has 0 unspecified atom stereocenters. The molecule has 0 bridgehead atoms. The topological polar surface area (TPSA) is 55.8 Å². The minimum atomic E-state index is -1.02. The highest BCUT2D eigenvalue weighted by Gasteiger charge is 2.06. The van der Waals surface area contributed by atoms with E-state index in [0.29, 0.717) is 11.5 Å².